The summed E-state index contributed by atoms with van der Waals surface area (Å²) >= 11 is 0. The molecule has 0 fully saturated rings. The lowest BCUT2D eigenvalue weighted by Crippen LogP contribution is -2.40. The molecule has 0 aliphatic heterocycles. The van der Waals surface area contributed by atoms with E-state index >= 15 is 0 Å². The zero-order valence-corrected chi connectivity index (χ0v) is 19.0. The van der Waals surface area contributed by atoms with Crippen molar-refractivity contribution in [2.24, 2.45) is 0 Å². The van der Waals surface area contributed by atoms with Crippen LogP contribution in [0.15, 0.2) is 77.7 Å². The van der Waals surface area contributed by atoms with Crippen molar-refractivity contribution in [3.63, 3.8) is 0 Å². The van der Waals surface area contributed by atoms with Gasteiger partial charge in [-0.1, -0.05) is 56.3 Å². The second kappa shape index (κ2) is 9.35. The summed E-state index contributed by atoms with van der Waals surface area (Å²) in [4.78, 5) is 13.2. The smallest absolute Gasteiger partial charge is 0.278 e. The molecule has 0 aliphatic rings. The van der Waals surface area contributed by atoms with Crippen LogP contribution in [0.1, 0.15) is 36.5 Å². The molecule has 0 saturated carbocycles. The molecule has 0 saturated heterocycles. The summed E-state index contributed by atoms with van der Waals surface area (Å²) in [6, 6.07) is 20.8. The first kappa shape index (κ1) is 22.6. The number of carbonyl (C=O) groups is 1. The molecule has 3 rings (SSSR count). The molecule has 31 heavy (non-hydrogen) atoms. The van der Waals surface area contributed by atoms with Crippen molar-refractivity contribution in [3.8, 4) is 5.75 Å². The minimum absolute atomic E-state index is 0.0468. The number of ether oxygens (including phenoxy) is 1. The lowest BCUT2D eigenvalue weighted by Gasteiger charge is -2.24. The van der Waals surface area contributed by atoms with E-state index in [0.717, 1.165) is 15.4 Å². The molecular formula is C25H27NO4S. The molecule has 0 atom stereocenters. The number of anilines is 1. The van der Waals surface area contributed by atoms with Gasteiger partial charge in [0.25, 0.3) is 15.9 Å². The number of hydrogen-bond donors (Lipinski definition) is 0. The quantitative estimate of drug-likeness (QED) is 0.508. The molecule has 0 bridgehead atoms. The molecule has 1 amide bonds. The van der Waals surface area contributed by atoms with Gasteiger partial charge in [-0.05, 0) is 66.8 Å². The van der Waals surface area contributed by atoms with Crippen molar-refractivity contribution in [2.75, 3.05) is 10.9 Å². The molecule has 0 radical (unpaired) electrons. The number of aryl methyl sites for hydroxylation is 2. The Hall–Kier alpha value is -3.12. The van der Waals surface area contributed by atoms with Crippen LogP contribution in [0, 0.1) is 13.8 Å². The molecule has 0 heterocycles. The van der Waals surface area contributed by atoms with Gasteiger partial charge in [0.05, 0.1) is 10.6 Å². The Kier molecular flexibility index (Phi) is 6.81. The van der Waals surface area contributed by atoms with Gasteiger partial charge in [-0.2, -0.15) is 4.31 Å². The number of sulfonamides is 1. The van der Waals surface area contributed by atoms with Gasteiger partial charge in [-0.25, -0.2) is 8.42 Å². The number of carbonyl (C=O) groups excluding carboxylic acids is 1. The van der Waals surface area contributed by atoms with Gasteiger partial charge in [0, 0.05) is 0 Å². The summed E-state index contributed by atoms with van der Waals surface area (Å²) in [5.74, 6) is 0.229. The fraction of sp³-hybridized carbons (Fsp3) is 0.240. The summed E-state index contributed by atoms with van der Waals surface area (Å²) in [6.07, 6.45) is 0. The largest absolute Gasteiger partial charge is 0.484 e. The Labute approximate surface area is 184 Å². The molecule has 0 spiro atoms. The van der Waals surface area contributed by atoms with Crippen molar-refractivity contribution in [2.45, 2.75) is 38.5 Å². The minimum atomic E-state index is -4.11. The molecular weight excluding hydrogens is 410 g/mol. The Morgan fingerprint density at radius 2 is 1.58 bits per heavy atom. The Morgan fingerprint density at radius 1 is 0.935 bits per heavy atom. The van der Waals surface area contributed by atoms with Crippen LogP contribution >= 0.6 is 0 Å². The zero-order chi connectivity index (χ0) is 22.6. The molecule has 6 heteroatoms. The van der Waals surface area contributed by atoms with Crippen molar-refractivity contribution in [1.29, 1.82) is 0 Å². The Balaban J connectivity index is 1.94. The van der Waals surface area contributed by atoms with E-state index < -0.39 is 22.5 Å². The van der Waals surface area contributed by atoms with Gasteiger partial charge in [0.1, 0.15) is 5.75 Å². The van der Waals surface area contributed by atoms with Crippen LogP contribution in [0.2, 0.25) is 0 Å². The van der Waals surface area contributed by atoms with E-state index in [4.69, 9.17) is 4.74 Å². The first-order chi connectivity index (χ1) is 14.7. The SMILES string of the molecule is Cc1ccc(C)c(N(C(=O)COc2ccc(C(C)C)cc2)S(=O)(=O)c2ccccc2)c1. The molecule has 0 aliphatic carbocycles. The van der Waals surface area contributed by atoms with E-state index in [1.165, 1.54) is 12.1 Å². The topological polar surface area (TPSA) is 63.7 Å². The van der Waals surface area contributed by atoms with Gasteiger partial charge >= 0.3 is 0 Å². The second-order valence-corrected chi connectivity index (χ2v) is 9.57. The highest BCUT2D eigenvalue weighted by Gasteiger charge is 2.32. The predicted octanol–water partition coefficient (Wildman–Crippen LogP) is 5.23. The van der Waals surface area contributed by atoms with E-state index in [1.54, 1.807) is 49.4 Å². The third kappa shape index (κ3) is 5.14. The van der Waals surface area contributed by atoms with Crippen LogP contribution < -0.4 is 9.04 Å². The molecule has 0 aromatic heterocycles. The van der Waals surface area contributed by atoms with Crippen molar-refractivity contribution >= 4 is 21.6 Å². The first-order valence-corrected chi connectivity index (χ1v) is 11.6. The van der Waals surface area contributed by atoms with Crippen LogP contribution in [0.4, 0.5) is 5.69 Å². The Bertz CT molecular complexity index is 1150. The van der Waals surface area contributed by atoms with Gasteiger partial charge in [-0.3, -0.25) is 4.79 Å². The number of rotatable bonds is 7. The van der Waals surface area contributed by atoms with Crippen LogP contribution in [-0.4, -0.2) is 20.9 Å². The lowest BCUT2D eigenvalue weighted by atomic mass is 10.0. The van der Waals surface area contributed by atoms with Crippen molar-refractivity contribution in [3.05, 3.63) is 89.5 Å². The van der Waals surface area contributed by atoms with Crippen molar-refractivity contribution in [1.82, 2.24) is 0 Å². The second-order valence-electron chi connectivity index (χ2n) is 7.78. The zero-order valence-electron chi connectivity index (χ0n) is 18.2. The van der Waals surface area contributed by atoms with Gasteiger partial charge in [0.2, 0.25) is 0 Å². The van der Waals surface area contributed by atoms with Gasteiger partial charge in [-0.15, -0.1) is 0 Å². The number of benzene rings is 3. The lowest BCUT2D eigenvalue weighted by molar-refractivity contribution is -0.119. The summed E-state index contributed by atoms with van der Waals surface area (Å²) < 4.78 is 33.3. The fourth-order valence-electron chi connectivity index (χ4n) is 3.19. The fourth-order valence-corrected chi connectivity index (χ4v) is 4.67. The standard InChI is InChI=1S/C25H27NO4S/c1-18(2)21-12-14-22(15-13-21)30-17-25(27)26(24-16-19(3)10-11-20(24)4)31(28,29)23-8-6-5-7-9-23/h5-16,18H,17H2,1-4H3. The van der Waals surface area contributed by atoms with E-state index in [0.29, 0.717) is 22.9 Å². The van der Waals surface area contributed by atoms with E-state index in [1.807, 2.05) is 25.1 Å². The minimum Gasteiger partial charge on any atom is -0.484 e. The number of amides is 1. The summed E-state index contributed by atoms with van der Waals surface area (Å²) in [6.45, 7) is 7.42. The van der Waals surface area contributed by atoms with E-state index in [2.05, 4.69) is 13.8 Å². The van der Waals surface area contributed by atoms with Crippen LogP contribution in [0.25, 0.3) is 0 Å². The predicted molar refractivity (Wildman–Crippen MR) is 123 cm³/mol. The van der Waals surface area contributed by atoms with Crippen LogP contribution in [0.3, 0.4) is 0 Å². The maximum Gasteiger partial charge on any atom is 0.278 e. The molecule has 3 aromatic rings. The molecule has 0 N–H and O–H groups in total. The highest BCUT2D eigenvalue weighted by Crippen LogP contribution is 2.28. The highest BCUT2D eigenvalue weighted by molar-refractivity contribution is 7.93. The highest BCUT2D eigenvalue weighted by atomic mass is 32.2. The molecule has 162 valence electrons. The van der Waals surface area contributed by atoms with Crippen molar-refractivity contribution < 1.29 is 17.9 Å². The maximum absolute atomic E-state index is 13.4. The van der Waals surface area contributed by atoms with Gasteiger partial charge < -0.3 is 4.74 Å². The third-order valence-corrected chi connectivity index (χ3v) is 6.75. The Morgan fingerprint density at radius 3 is 2.19 bits per heavy atom. The van der Waals surface area contributed by atoms with Crippen LogP contribution in [0.5, 0.6) is 5.75 Å². The first-order valence-electron chi connectivity index (χ1n) is 10.1. The molecule has 5 nitrogen and oxygen atoms in total. The molecule has 0 unspecified atom stereocenters. The summed E-state index contributed by atoms with van der Waals surface area (Å²) in [5, 5.41) is 0. The van der Waals surface area contributed by atoms with Crippen LogP contribution in [-0.2, 0) is 14.8 Å². The number of nitrogens with zero attached hydrogens (tertiary/aromatic N) is 1. The summed E-state index contributed by atoms with van der Waals surface area (Å²) in [5.41, 5.74) is 3.02. The van der Waals surface area contributed by atoms with E-state index in [-0.39, 0.29) is 4.90 Å². The maximum atomic E-state index is 13.4. The monoisotopic (exact) mass is 437 g/mol. The average Bonchev–Trinajstić information content (AvgIpc) is 2.75. The average molecular weight is 438 g/mol. The number of hydrogen-bond acceptors (Lipinski definition) is 4. The van der Waals surface area contributed by atoms with Gasteiger partial charge in [0.15, 0.2) is 6.61 Å². The third-order valence-electron chi connectivity index (χ3n) is 5.00. The van der Waals surface area contributed by atoms with E-state index in [9.17, 15) is 13.2 Å². The molecule has 3 aromatic carbocycles. The summed E-state index contributed by atoms with van der Waals surface area (Å²) in [7, 11) is -4.11. The normalized spacial score (nSPS) is 11.4.